The summed E-state index contributed by atoms with van der Waals surface area (Å²) in [6, 6.07) is 8.61. The molecule has 1 heterocycles. The van der Waals surface area contributed by atoms with Crippen LogP contribution in [0.3, 0.4) is 0 Å². The first-order valence-electron chi connectivity index (χ1n) is 8.55. The van der Waals surface area contributed by atoms with E-state index in [9.17, 15) is 9.59 Å². The highest BCUT2D eigenvalue weighted by Crippen LogP contribution is 2.24. The normalized spacial score (nSPS) is 19.7. The van der Waals surface area contributed by atoms with Crippen molar-refractivity contribution in [2.75, 3.05) is 13.2 Å². The standard InChI is InChI=1S/C20H25NO5/c1-5-11-24-16-12-17(21(13-16)19(23)26-20(2,3)4)18(22)25-14-15-9-7-6-8-10-15/h1,6-10,16-17H,11-14H2,2-4H3/t16-,17+/m0/s1. The molecule has 0 radical (unpaired) electrons. The van der Waals surface area contributed by atoms with E-state index in [2.05, 4.69) is 5.92 Å². The summed E-state index contributed by atoms with van der Waals surface area (Å²) in [6.45, 7) is 5.83. The van der Waals surface area contributed by atoms with Crippen molar-refractivity contribution in [2.24, 2.45) is 0 Å². The van der Waals surface area contributed by atoms with E-state index in [1.165, 1.54) is 4.90 Å². The van der Waals surface area contributed by atoms with Crippen LogP contribution in [-0.4, -0.2) is 47.9 Å². The molecule has 1 aromatic rings. The van der Waals surface area contributed by atoms with Crippen LogP contribution < -0.4 is 0 Å². The van der Waals surface area contributed by atoms with Crippen molar-refractivity contribution in [1.82, 2.24) is 4.90 Å². The molecule has 26 heavy (non-hydrogen) atoms. The summed E-state index contributed by atoms with van der Waals surface area (Å²) in [5.74, 6) is 1.91. The number of carbonyl (C=O) groups excluding carboxylic acids is 2. The average molecular weight is 359 g/mol. The average Bonchev–Trinajstić information content (AvgIpc) is 3.02. The molecular weight excluding hydrogens is 334 g/mol. The summed E-state index contributed by atoms with van der Waals surface area (Å²) in [7, 11) is 0. The second-order valence-electron chi connectivity index (χ2n) is 7.11. The van der Waals surface area contributed by atoms with Crippen LogP contribution in [0.4, 0.5) is 4.79 Å². The highest BCUT2D eigenvalue weighted by atomic mass is 16.6. The zero-order valence-electron chi connectivity index (χ0n) is 15.4. The van der Waals surface area contributed by atoms with Crippen molar-refractivity contribution in [3.05, 3.63) is 35.9 Å². The van der Waals surface area contributed by atoms with Gasteiger partial charge < -0.3 is 14.2 Å². The van der Waals surface area contributed by atoms with Gasteiger partial charge in [-0.15, -0.1) is 6.42 Å². The fourth-order valence-electron chi connectivity index (χ4n) is 2.65. The number of hydrogen-bond donors (Lipinski definition) is 0. The van der Waals surface area contributed by atoms with Gasteiger partial charge in [-0.05, 0) is 26.3 Å². The number of amides is 1. The number of carbonyl (C=O) groups is 2. The maximum atomic E-state index is 12.6. The van der Waals surface area contributed by atoms with Gasteiger partial charge in [0.25, 0.3) is 0 Å². The van der Waals surface area contributed by atoms with Gasteiger partial charge in [0.15, 0.2) is 0 Å². The van der Waals surface area contributed by atoms with Crippen LogP contribution in [0.1, 0.15) is 32.8 Å². The molecule has 6 heteroatoms. The molecule has 1 saturated heterocycles. The number of ether oxygens (including phenoxy) is 3. The van der Waals surface area contributed by atoms with E-state index in [1.54, 1.807) is 20.8 Å². The molecule has 0 aromatic heterocycles. The Hall–Kier alpha value is -2.52. The second-order valence-corrected chi connectivity index (χ2v) is 7.11. The predicted octanol–water partition coefficient (Wildman–Crippen LogP) is 2.76. The monoisotopic (exact) mass is 359 g/mol. The number of rotatable bonds is 5. The number of nitrogens with zero attached hydrogens (tertiary/aromatic N) is 1. The van der Waals surface area contributed by atoms with E-state index < -0.39 is 23.7 Å². The number of esters is 1. The minimum atomic E-state index is -0.753. The van der Waals surface area contributed by atoms with Gasteiger partial charge in [-0.1, -0.05) is 36.3 Å². The topological polar surface area (TPSA) is 65.1 Å². The lowest BCUT2D eigenvalue weighted by Gasteiger charge is -2.27. The highest BCUT2D eigenvalue weighted by molar-refractivity contribution is 5.82. The summed E-state index contributed by atoms with van der Waals surface area (Å²) in [6.07, 6.45) is 4.66. The van der Waals surface area contributed by atoms with Crippen LogP contribution in [0.25, 0.3) is 0 Å². The molecule has 0 aliphatic carbocycles. The van der Waals surface area contributed by atoms with Crippen molar-refractivity contribution in [3.63, 3.8) is 0 Å². The highest BCUT2D eigenvalue weighted by Gasteiger charge is 2.42. The molecule has 1 aromatic carbocycles. The lowest BCUT2D eigenvalue weighted by Crippen LogP contribution is -2.44. The van der Waals surface area contributed by atoms with Crippen LogP contribution in [0, 0.1) is 12.3 Å². The van der Waals surface area contributed by atoms with Crippen LogP contribution in [-0.2, 0) is 25.6 Å². The smallest absolute Gasteiger partial charge is 0.411 e. The summed E-state index contributed by atoms with van der Waals surface area (Å²) in [4.78, 5) is 26.4. The summed E-state index contributed by atoms with van der Waals surface area (Å²) in [5, 5.41) is 0. The van der Waals surface area contributed by atoms with E-state index in [-0.39, 0.29) is 25.9 Å². The molecule has 1 amide bonds. The Morgan fingerprint density at radius 1 is 1.27 bits per heavy atom. The van der Waals surface area contributed by atoms with Gasteiger partial charge in [-0.25, -0.2) is 9.59 Å². The van der Waals surface area contributed by atoms with Crippen LogP contribution >= 0.6 is 0 Å². The predicted molar refractivity (Wildman–Crippen MR) is 96.2 cm³/mol. The van der Waals surface area contributed by atoms with Gasteiger partial charge in [-0.3, -0.25) is 4.90 Å². The van der Waals surface area contributed by atoms with Crippen molar-refractivity contribution in [1.29, 1.82) is 0 Å². The fraction of sp³-hybridized carbons (Fsp3) is 0.500. The van der Waals surface area contributed by atoms with E-state index in [0.717, 1.165) is 5.56 Å². The van der Waals surface area contributed by atoms with Gasteiger partial charge in [0.2, 0.25) is 0 Å². The second kappa shape index (κ2) is 8.72. The molecule has 0 saturated carbocycles. The molecule has 6 nitrogen and oxygen atoms in total. The Labute approximate surface area is 154 Å². The molecular formula is C20H25NO5. The number of hydrogen-bond acceptors (Lipinski definition) is 5. The largest absolute Gasteiger partial charge is 0.459 e. The van der Waals surface area contributed by atoms with Crippen molar-refractivity contribution in [3.8, 4) is 12.3 Å². The van der Waals surface area contributed by atoms with Gasteiger partial charge in [-0.2, -0.15) is 0 Å². The van der Waals surface area contributed by atoms with E-state index in [0.29, 0.717) is 6.42 Å². The van der Waals surface area contributed by atoms with Crippen LogP contribution in [0.2, 0.25) is 0 Å². The quantitative estimate of drug-likeness (QED) is 0.597. The molecule has 0 bridgehead atoms. The molecule has 1 aliphatic rings. The first-order valence-corrected chi connectivity index (χ1v) is 8.55. The molecule has 0 N–H and O–H groups in total. The van der Waals surface area contributed by atoms with Crippen molar-refractivity contribution < 1.29 is 23.8 Å². The molecule has 2 atom stereocenters. The molecule has 0 spiro atoms. The van der Waals surface area contributed by atoms with Gasteiger partial charge in [0.05, 0.1) is 12.6 Å². The van der Waals surface area contributed by atoms with E-state index in [1.807, 2.05) is 30.3 Å². The number of terminal acetylenes is 1. The lowest BCUT2D eigenvalue weighted by atomic mass is 10.2. The summed E-state index contributed by atoms with van der Waals surface area (Å²) in [5.41, 5.74) is 0.218. The maximum Gasteiger partial charge on any atom is 0.411 e. The number of likely N-dealkylation sites (tertiary alicyclic amines) is 1. The lowest BCUT2D eigenvalue weighted by molar-refractivity contribution is -0.150. The van der Waals surface area contributed by atoms with Gasteiger partial charge >= 0.3 is 12.1 Å². The zero-order chi connectivity index (χ0) is 19.2. The van der Waals surface area contributed by atoms with Crippen LogP contribution in [0.5, 0.6) is 0 Å². The fourth-order valence-corrected chi connectivity index (χ4v) is 2.65. The maximum absolute atomic E-state index is 12.6. The molecule has 0 unspecified atom stereocenters. The minimum absolute atomic E-state index is 0.124. The van der Waals surface area contributed by atoms with E-state index >= 15 is 0 Å². The Morgan fingerprint density at radius 3 is 2.58 bits per heavy atom. The summed E-state index contributed by atoms with van der Waals surface area (Å²) >= 11 is 0. The Kier molecular flexibility index (Phi) is 6.64. The first kappa shape index (κ1) is 19.8. The third-order valence-corrected chi connectivity index (χ3v) is 3.79. The Morgan fingerprint density at radius 2 is 1.96 bits per heavy atom. The van der Waals surface area contributed by atoms with Gasteiger partial charge in [0.1, 0.15) is 24.9 Å². The third kappa shape index (κ3) is 5.78. The summed E-state index contributed by atoms with van der Waals surface area (Å²) < 4.78 is 16.3. The van der Waals surface area contributed by atoms with E-state index in [4.69, 9.17) is 20.6 Å². The minimum Gasteiger partial charge on any atom is -0.459 e. The molecule has 2 rings (SSSR count). The van der Waals surface area contributed by atoms with Crippen molar-refractivity contribution in [2.45, 2.75) is 51.5 Å². The van der Waals surface area contributed by atoms with Gasteiger partial charge in [0, 0.05) is 6.42 Å². The molecule has 140 valence electrons. The molecule has 1 fully saturated rings. The SMILES string of the molecule is C#CCO[C@H]1C[C@H](C(=O)OCc2ccccc2)N(C(=O)OC(C)(C)C)C1. The van der Waals surface area contributed by atoms with Crippen LogP contribution in [0.15, 0.2) is 30.3 Å². The van der Waals surface area contributed by atoms with Crippen molar-refractivity contribution >= 4 is 12.1 Å². The zero-order valence-corrected chi connectivity index (χ0v) is 15.4. The third-order valence-electron chi connectivity index (χ3n) is 3.79. The Bertz CT molecular complexity index is 659. The molecule has 1 aliphatic heterocycles. The first-order chi connectivity index (χ1) is 12.3. The number of benzene rings is 1. The Balaban J connectivity index is 2.03.